The minimum absolute atomic E-state index is 0.00550. The molecule has 5 N–H and O–H groups in total. The molecule has 2 bridgehead atoms. The molecule has 5 rings (SSSR count). The molecule has 3 aliphatic rings. The molecule has 60 heavy (non-hydrogen) atoms. The Morgan fingerprint density at radius 1 is 1.17 bits per heavy atom. The van der Waals surface area contributed by atoms with Crippen LogP contribution in [0.3, 0.4) is 0 Å². The Balaban J connectivity index is 1.69. The largest absolute Gasteiger partial charge is 0.457 e. The van der Waals surface area contributed by atoms with Crippen molar-refractivity contribution in [2.75, 3.05) is 33.0 Å². The molecular formula is C42H62FN5O12. The van der Waals surface area contributed by atoms with Crippen molar-refractivity contribution in [1.29, 1.82) is 0 Å². The summed E-state index contributed by atoms with van der Waals surface area (Å²) in [5.74, 6) is -4.97. The van der Waals surface area contributed by atoms with Crippen LogP contribution in [0.5, 0.6) is 0 Å². The number of fused-ring (bicyclic) bond motifs is 5. The van der Waals surface area contributed by atoms with Crippen LogP contribution < -0.4 is 11.1 Å². The third-order valence-electron chi connectivity index (χ3n) is 12.0. The van der Waals surface area contributed by atoms with Crippen molar-refractivity contribution in [1.82, 2.24) is 15.4 Å². The summed E-state index contributed by atoms with van der Waals surface area (Å²) in [6, 6.07) is 4.81. The highest BCUT2D eigenvalue weighted by atomic mass is 19.1. The van der Waals surface area contributed by atoms with E-state index in [1.54, 1.807) is 39.0 Å². The Bertz CT molecular complexity index is 1950. The summed E-state index contributed by atoms with van der Waals surface area (Å²) in [6.45, 7) is 12.9. The number of alkyl halides is 1. The van der Waals surface area contributed by atoms with Crippen molar-refractivity contribution >= 4 is 40.2 Å². The number of hydrogen-bond acceptors (Lipinski definition) is 16. The minimum Gasteiger partial charge on any atom is -0.457 e. The van der Waals surface area contributed by atoms with E-state index in [4.69, 9.17) is 38.8 Å². The minimum atomic E-state index is -3.23. The first kappa shape index (κ1) is 47.0. The second kappa shape index (κ2) is 18.5. The highest BCUT2D eigenvalue weighted by Gasteiger charge is 2.56. The Morgan fingerprint density at radius 2 is 1.87 bits per heavy atom. The van der Waals surface area contributed by atoms with Gasteiger partial charge >= 0.3 is 5.97 Å². The molecule has 0 aliphatic carbocycles. The highest BCUT2D eigenvalue weighted by molar-refractivity contribution is 6.07. The molecule has 4 heterocycles. The first-order chi connectivity index (χ1) is 28.0. The fourth-order valence-corrected chi connectivity index (χ4v) is 8.74. The number of aliphatic hydroxyl groups is 2. The number of carbonyl (C=O) groups is 3. The predicted molar refractivity (Wildman–Crippen MR) is 217 cm³/mol. The number of carbonyl (C=O) groups excluding carboxylic acids is 3. The molecule has 1 amide bonds. The molecule has 0 spiro atoms. The predicted octanol–water partition coefficient (Wildman–Crippen LogP) is 3.72. The lowest BCUT2D eigenvalue weighted by Gasteiger charge is -2.47. The van der Waals surface area contributed by atoms with E-state index in [1.807, 2.05) is 32.8 Å². The van der Waals surface area contributed by atoms with Gasteiger partial charge in [-0.25, -0.2) is 9.18 Å². The molecule has 12 atom stereocenters. The Hall–Kier alpha value is -4.04. The smallest absolute Gasteiger partial charge is 0.351 e. The van der Waals surface area contributed by atoms with Crippen LogP contribution in [0.25, 0.3) is 11.0 Å². The summed E-state index contributed by atoms with van der Waals surface area (Å²) < 4.78 is 53.9. The summed E-state index contributed by atoms with van der Waals surface area (Å²) in [7, 11) is 3.63. The quantitative estimate of drug-likeness (QED) is 0.169. The number of nitrogens with zero attached hydrogens (tertiary/aromatic N) is 3. The maximum absolute atomic E-state index is 16.9. The van der Waals surface area contributed by atoms with Crippen LogP contribution in [0, 0.1) is 11.8 Å². The summed E-state index contributed by atoms with van der Waals surface area (Å²) in [5, 5.41) is 35.7. The monoisotopic (exact) mass is 847 g/mol. The molecule has 18 heteroatoms. The molecule has 1 aromatic carbocycles. The van der Waals surface area contributed by atoms with E-state index in [2.05, 4.69) is 15.6 Å². The van der Waals surface area contributed by atoms with Crippen molar-refractivity contribution in [2.24, 2.45) is 17.0 Å². The van der Waals surface area contributed by atoms with Crippen LogP contribution in [0.4, 0.5) is 10.2 Å². The van der Waals surface area contributed by atoms with Gasteiger partial charge in [-0.1, -0.05) is 37.1 Å². The number of nitrogen functional groups attached to an aromatic ring is 1. The molecule has 3 aliphatic heterocycles. The third kappa shape index (κ3) is 9.85. The van der Waals surface area contributed by atoms with Crippen molar-refractivity contribution in [2.45, 2.75) is 148 Å². The fraction of sp³-hybridized carbons (Fsp3) is 0.690. The number of amides is 1. The summed E-state index contributed by atoms with van der Waals surface area (Å²) in [6.07, 6.45) is -6.59. The maximum atomic E-state index is 16.9. The number of oxime groups is 1. The number of likely N-dealkylation sites (N-methyl/N-ethyl adjacent to an activating group) is 1. The molecule has 1 fully saturated rings. The molecule has 1 saturated heterocycles. The molecule has 2 aromatic rings. The number of aromatic nitrogens is 1. The zero-order valence-electron chi connectivity index (χ0n) is 36.4. The van der Waals surface area contributed by atoms with Crippen LogP contribution >= 0.6 is 0 Å². The van der Waals surface area contributed by atoms with Crippen molar-refractivity contribution in [3.8, 4) is 0 Å². The van der Waals surface area contributed by atoms with Crippen LogP contribution in [0.2, 0.25) is 0 Å². The average Bonchev–Trinajstić information content (AvgIpc) is 3.54. The number of rotatable bonds is 8. The number of hydrogen-bond donors (Lipinski definition) is 4. The topological polar surface area (TPSA) is 227 Å². The summed E-state index contributed by atoms with van der Waals surface area (Å²) >= 11 is 0. The number of cyclic esters (lactones) is 1. The van der Waals surface area contributed by atoms with Crippen LogP contribution in [-0.4, -0.2) is 131 Å². The zero-order chi connectivity index (χ0) is 44.5. The number of nitrogens with two attached hydrogens (primary N) is 1. The van der Waals surface area contributed by atoms with Gasteiger partial charge in [-0.2, -0.15) is 0 Å². The van der Waals surface area contributed by atoms with Gasteiger partial charge in [0.25, 0.3) is 5.67 Å². The van der Waals surface area contributed by atoms with Crippen LogP contribution in [0.1, 0.15) is 87.1 Å². The van der Waals surface area contributed by atoms with Crippen molar-refractivity contribution in [3.63, 3.8) is 0 Å². The lowest BCUT2D eigenvalue weighted by atomic mass is 9.76. The Morgan fingerprint density at radius 3 is 2.52 bits per heavy atom. The van der Waals surface area contributed by atoms with Gasteiger partial charge in [0.1, 0.15) is 36.2 Å². The number of nitrogens with one attached hydrogen (secondary N) is 1. The first-order valence-corrected chi connectivity index (χ1v) is 20.4. The van der Waals surface area contributed by atoms with E-state index in [9.17, 15) is 24.6 Å². The molecule has 0 unspecified atom stereocenters. The molecule has 17 nitrogen and oxygen atoms in total. The second-order valence-corrected chi connectivity index (χ2v) is 17.3. The van der Waals surface area contributed by atoms with E-state index >= 15 is 4.39 Å². The number of allylic oxidation sites excluding steroid dienone is 1. The number of halogens is 1. The fourth-order valence-electron chi connectivity index (χ4n) is 8.74. The normalized spacial score (nSPS) is 37.0. The average molecular weight is 848 g/mol. The van der Waals surface area contributed by atoms with Gasteiger partial charge in [0.2, 0.25) is 5.91 Å². The number of aliphatic hydroxyl groups excluding tert-OH is 1. The van der Waals surface area contributed by atoms with Gasteiger partial charge in [0.05, 0.1) is 36.4 Å². The number of ether oxygens (including phenoxy) is 5. The van der Waals surface area contributed by atoms with E-state index < -0.39 is 83.1 Å². The van der Waals surface area contributed by atoms with Crippen LogP contribution in [-0.2, 0) is 49.5 Å². The van der Waals surface area contributed by atoms with E-state index in [-0.39, 0.29) is 50.3 Å². The standard InChI is InChI=1S/C42H62FN5O12/c1-12-31-42(9,53)36-23(4)32(45-25(6)49)21(2)17-40(7,55-20-27(19-54-36)46-56-18-26-13-14-30-28(16-26)37(44)47-60-30)35(24(5)34(51)41(8,43)39(52)58-31)59-38-33(50)29(48(10)11)15-22(3)57-38/h13-14,16,21-22,24,29,31,33,35-36,38,50,53H,12,15,17-20H2,1-11H3,(H2,44,47)(H,45,49)/t21-,22-,24+,29+,31-,33-,35-,36-,38+,40-,41+,42-/m1/s1. The van der Waals surface area contributed by atoms with Gasteiger partial charge in [-0.05, 0) is 97.2 Å². The van der Waals surface area contributed by atoms with E-state index in [0.29, 0.717) is 34.2 Å². The van der Waals surface area contributed by atoms with Gasteiger partial charge in [0.15, 0.2) is 23.5 Å². The van der Waals surface area contributed by atoms with Gasteiger partial charge < -0.3 is 59.2 Å². The highest BCUT2D eigenvalue weighted by Crippen LogP contribution is 2.41. The molecular weight excluding hydrogens is 785 g/mol. The molecule has 0 saturated carbocycles. The summed E-state index contributed by atoms with van der Waals surface area (Å²) in [4.78, 5) is 48.8. The number of ketones is 1. The SMILES string of the molecule is CC[C@H]1OC(=O)[C@@](C)(F)C(=O)[C@H](C)[C@@H](O[C@@H]2O[C@H](C)C[C@H](N(C)C)[C@H]2O)[C@@]2(C)C[C@@H](C)C(NC(C)=O)=C(C)[C@@H](OCC(=NOCc3ccc4onc(N)c4c3)CO2)[C@]1(C)O. The molecule has 0 radical (unpaired) electrons. The Kier molecular flexibility index (Phi) is 14.5. The number of esters is 1. The number of anilines is 1. The zero-order valence-corrected chi connectivity index (χ0v) is 36.4. The van der Waals surface area contributed by atoms with Gasteiger partial charge in [-0.3, -0.25) is 9.59 Å². The van der Waals surface area contributed by atoms with Crippen LogP contribution in [0.15, 0.2) is 39.1 Å². The first-order valence-electron chi connectivity index (χ1n) is 20.4. The lowest BCUT2D eigenvalue weighted by molar-refractivity contribution is -0.296. The van der Waals surface area contributed by atoms with Gasteiger partial charge in [0, 0.05) is 24.6 Å². The van der Waals surface area contributed by atoms with Crippen molar-refractivity contribution < 1.29 is 62.0 Å². The van der Waals surface area contributed by atoms with Crippen molar-refractivity contribution in [3.05, 3.63) is 35.0 Å². The van der Waals surface area contributed by atoms with Gasteiger partial charge in [-0.15, -0.1) is 0 Å². The third-order valence-corrected chi connectivity index (χ3v) is 12.0. The lowest BCUT2D eigenvalue weighted by Crippen LogP contribution is -2.61. The second-order valence-electron chi connectivity index (χ2n) is 17.3. The molecule has 1 aromatic heterocycles. The number of Topliss-reactive ketones (excluding diaryl/α,β-unsaturated/α-hetero) is 1. The maximum Gasteiger partial charge on any atom is 0.351 e. The molecule has 334 valence electrons. The Labute approximate surface area is 350 Å². The summed E-state index contributed by atoms with van der Waals surface area (Å²) in [5.41, 5.74) is 1.20. The number of benzene rings is 1. The van der Waals surface area contributed by atoms with E-state index in [1.165, 1.54) is 20.8 Å². The van der Waals surface area contributed by atoms with E-state index in [0.717, 1.165) is 6.92 Å².